The van der Waals surface area contributed by atoms with Gasteiger partial charge in [-0.2, -0.15) is 11.8 Å². The van der Waals surface area contributed by atoms with Gasteiger partial charge in [-0.1, -0.05) is 26.2 Å². The van der Waals surface area contributed by atoms with Crippen molar-refractivity contribution >= 4 is 11.8 Å². The second-order valence-corrected chi connectivity index (χ2v) is 6.34. The number of aliphatic hydroxyl groups excluding tert-OH is 1. The summed E-state index contributed by atoms with van der Waals surface area (Å²) in [7, 11) is 0. The standard InChI is InChI=1S/C13H27NOS/c1-2-16-10-6-9-14-11-13(12-15)7-4-3-5-8-13/h14-15H,2-12H2,1H3. The first-order valence-electron chi connectivity index (χ1n) is 6.72. The lowest BCUT2D eigenvalue weighted by Gasteiger charge is -2.35. The molecule has 0 bridgehead atoms. The van der Waals surface area contributed by atoms with Crippen LogP contribution in [0.3, 0.4) is 0 Å². The highest BCUT2D eigenvalue weighted by atomic mass is 32.2. The van der Waals surface area contributed by atoms with Crippen molar-refractivity contribution in [2.75, 3.05) is 31.2 Å². The van der Waals surface area contributed by atoms with Gasteiger partial charge >= 0.3 is 0 Å². The van der Waals surface area contributed by atoms with Gasteiger partial charge < -0.3 is 10.4 Å². The molecular weight excluding hydrogens is 218 g/mol. The van der Waals surface area contributed by atoms with E-state index in [1.807, 2.05) is 11.8 Å². The van der Waals surface area contributed by atoms with E-state index >= 15 is 0 Å². The molecule has 1 fully saturated rings. The highest BCUT2D eigenvalue weighted by molar-refractivity contribution is 7.99. The summed E-state index contributed by atoms with van der Waals surface area (Å²) in [4.78, 5) is 0. The highest BCUT2D eigenvalue weighted by Gasteiger charge is 2.30. The molecule has 0 aromatic heterocycles. The number of hydrogen-bond acceptors (Lipinski definition) is 3. The third-order valence-corrected chi connectivity index (χ3v) is 4.58. The molecule has 1 aliphatic carbocycles. The second kappa shape index (κ2) is 8.37. The predicted molar refractivity (Wildman–Crippen MR) is 73.1 cm³/mol. The van der Waals surface area contributed by atoms with E-state index in [0.29, 0.717) is 6.61 Å². The van der Waals surface area contributed by atoms with Gasteiger partial charge in [-0.3, -0.25) is 0 Å². The van der Waals surface area contributed by atoms with Crippen molar-refractivity contribution in [3.63, 3.8) is 0 Å². The molecule has 0 spiro atoms. The fourth-order valence-corrected chi connectivity index (χ4v) is 3.13. The normalized spacial score (nSPS) is 19.9. The molecule has 96 valence electrons. The van der Waals surface area contributed by atoms with Crippen molar-refractivity contribution in [3.8, 4) is 0 Å². The van der Waals surface area contributed by atoms with Crippen LogP contribution in [0.1, 0.15) is 45.4 Å². The van der Waals surface area contributed by atoms with Gasteiger partial charge in [0.1, 0.15) is 0 Å². The summed E-state index contributed by atoms with van der Waals surface area (Å²) in [5, 5.41) is 13.1. The summed E-state index contributed by atoms with van der Waals surface area (Å²) in [6, 6.07) is 0. The van der Waals surface area contributed by atoms with E-state index in [1.54, 1.807) is 0 Å². The van der Waals surface area contributed by atoms with Crippen molar-refractivity contribution < 1.29 is 5.11 Å². The topological polar surface area (TPSA) is 32.3 Å². The zero-order chi connectivity index (χ0) is 11.7. The fourth-order valence-electron chi connectivity index (χ4n) is 2.49. The van der Waals surface area contributed by atoms with Crippen LogP contribution in [0.2, 0.25) is 0 Å². The first-order valence-corrected chi connectivity index (χ1v) is 7.88. The third-order valence-electron chi connectivity index (χ3n) is 3.60. The number of nitrogens with one attached hydrogen (secondary N) is 1. The summed E-state index contributed by atoms with van der Waals surface area (Å²) >= 11 is 2.01. The van der Waals surface area contributed by atoms with Crippen molar-refractivity contribution in [2.24, 2.45) is 5.41 Å². The highest BCUT2D eigenvalue weighted by Crippen LogP contribution is 2.35. The quantitative estimate of drug-likeness (QED) is 0.645. The van der Waals surface area contributed by atoms with Crippen LogP contribution in [0.15, 0.2) is 0 Å². The summed E-state index contributed by atoms with van der Waals surface area (Å²) in [5.74, 6) is 2.48. The molecule has 1 aliphatic rings. The lowest BCUT2D eigenvalue weighted by atomic mass is 9.74. The van der Waals surface area contributed by atoms with Crippen LogP contribution in [-0.4, -0.2) is 36.3 Å². The van der Waals surface area contributed by atoms with Crippen LogP contribution in [0.5, 0.6) is 0 Å². The molecule has 16 heavy (non-hydrogen) atoms. The Morgan fingerprint density at radius 1 is 1.25 bits per heavy atom. The zero-order valence-electron chi connectivity index (χ0n) is 10.6. The van der Waals surface area contributed by atoms with E-state index in [-0.39, 0.29) is 5.41 Å². The van der Waals surface area contributed by atoms with E-state index in [9.17, 15) is 5.11 Å². The minimum absolute atomic E-state index is 0.205. The minimum atomic E-state index is 0.205. The van der Waals surface area contributed by atoms with Crippen molar-refractivity contribution in [1.29, 1.82) is 0 Å². The SMILES string of the molecule is CCSCCCNCC1(CO)CCCCC1. The number of thioether (sulfide) groups is 1. The summed E-state index contributed by atoms with van der Waals surface area (Å²) in [5.41, 5.74) is 0.205. The number of aliphatic hydroxyl groups is 1. The van der Waals surface area contributed by atoms with Gasteiger partial charge in [-0.25, -0.2) is 0 Å². The van der Waals surface area contributed by atoms with Crippen LogP contribution in [0, 0.1) is 5.41 Å². The van der Waals surface area contributed by atoms with Gasteiger partial charge in [-0.15, -0.1) is 0 Å². The third kappa shape index (κ3) is 5.07. The first kappa shape index (κ1) is 14.3. The molecule has 0 saturated heterocycles. The van der Waals surface area contributed by atoms with E-state index in [4.69, 9.17) is 0 Å². The largest absolute Gasteiger partial charge is 0.396 e. The Bertz CT molecular complexity index is 169. The van der Waals surface area contributed by atoms with E-state index in [1.165, 1.54) is 50.0 Å². The van der Waals surface area contributed by atoms with E-state index in [0.717, 1.165) is 13.1 Å². The second-order valence-electron chi connectivity index (χ2n) is 4.95. The average molecular weight is 245 g/mol. The van der Waals surface area contributed by atoms with Crippen LogP contribution in [0.4, 0.5) is 0 Å². The molecule has 0 atom stereocenters. The molecule has 0 unspecified atom stereocenters. The van der Waals surface area contributed by atoms with Crippen LogP contribution in [0.25, 0.3) is 0 Å². The van der Waals surface area contributed by atoms with Gasteiger partial charge in [0.25, 0.3) is 0 Å². The average Bonchev–Trinajstić information content (AvgIpc) is 2.35. The van der Waals surface area contributed by atoms with E-state index < -0.39 is 0 Å². The van der Waals surface area contributed by atoms with Crippen molar-refractivity contribution in [1.82, 2.24) is 5.32 Å². The van der Waals surface area contributed by atoms with Crippen LogP contribution in [-0.2, 0) is 0 Å². The molecule has 0 amide bonds. The minimum Gasteiger partial charge on any atom is -0.396 e. The Hall–Kier alpha value is 0.270. The molecule has 1 saturated carbocycles. The van der Waals surface area contributed by atoms with E-state index in [2.05, 4.69) is 12.2 Å². The molecule has 2 N–H and O–H groups in total. The zero-order valence-corrected chi connectivity index (χ0v) is 11.5. The maximum Gasteiger partial charge on any atom is 0.0499 e. The van der Waals surface area contributed by atoms with Gasteiger partial charge in [-0.05, 0) is 37.3 Å². The van der Waals surface area contributed by atoms with Gasteiger partial charge in [0, 0.05) is 18.6 Å². The van der Waals surface area contributed by atoms with Gasteiger partial charge in [0.05, 0.1) is 0 Å². The molecule has 3 heteroatoms. The molecule has 2 nitrogen and oxygen atoms in total. The molecule has 0 heterocycles. The van der Waals surface area contributed by atoms with Crippen LogP contribution >= 0.6 is 11.8 Å². The smallest absolute Gasteiger partial charge is 0.0499 e. The molecule has 0 radical (unpaired) electrons. The van der Waals surface area contributed by atoms with Crippen LogP contribution < -0.4 is 5.32 Å². The summed E-state index contributed by atoms with van der Waals surface area (Å²) < 4.78 is 0. The molecule has 1 rings (SSSR count). The Kier molecular flexibility index (Phi) is 7.50. The van der Waals surface area contributed by atoms with Gasteiger partial charge in [0.15, 0.2) is 0 Å². The van der Waals surface area contributed by atoms with Crippen molar-refractivity contribution in [3.05, 3.63) is 0 Å². The first-order chi connectivity index (χ1) is 7.83. The Labute approximate surface area is 105 Å². The molecule has 0 aliphatic heterocycles. The Morgan fingerprint density at radius 2 is 2.00 bits per heavy atom. The monoisotopic (exact) mass is 245 g/mol. The fraction of sp³-hybridized carbons (Fsp3) is 1.00. The molecular formula is C13H27NOS. The number of hydrogen-bond donors (Lipinski definition) is 2. The lowest BCUT2D eigenvalue weighted by molar-refractivity contribution is 0.0816. The van der Waals surface area contributed by atoms with Crippen molar-refractivity contribution in [2.45, 2.75) is 45.4 Å². The predicted octanol–water partition coefficient (Wildman–Crippen LogP) is 2.66. The summed E-state index contributed by atoms with van der Waals surface area (Å²) in [6.07, 6.45) is 7.62. The Morgan fingerprint density at radius 3 is 2.62 bits per heavy atom. The Balaban J connectivity index is 2.08. The lowest BCUT2D eigenvalue weighted by Crippen LogP contribution is -2.39. The molecule has 0 aromatic carbocycles. The maximum atomic E-state index is 9.54. The molecule has 0 aromatic rings. The maximum absolute atomic E-state index is 9.54. The summed E-state index contributed by atoms with van der Waals surface area (Å²) in [6.45, 7) is 4.69. The van der Waals surface area contributed by atoms with Gasteiger partial charge in [0.2, 0.25) is 0 Å². The number of rotatable bonds is 8.